The number of hydrogen-bond acceptors (Lipinski definition) is 8. The first-order valence-electron chi connectivity index (χ1n) is 11.4. The van der Waals surface area contributed by atoms with Crippen molar-refractivity contribution in [3.8, 4) is 11.3 Å². The largest absolute Gasteiger partial charge is 0.343 e. The summed E-state index contributed by atoms with van der Waals surface area (Å²) < 4.78 is 3.53. The predicted molar refractivity (Wildman–Crippen MR) is 134 cm³/mol. The van der Waals surface area contributed by atoms with Crippen LogP contribution in [0.25, 0.3) is 11.3 Å². The standard InChI is InChI=1S/C23H30N6O3S2/c1-13(24-4)19(30)25-15-11-8-12-16-29(22(15)32)18(23(2,3)33-16)20(31)26-21-17(27-28-34-21)14-9-6-5-7-10-14/h5-7,9-10,13,15-16,18,24H,8,11-12H2,1-4H3,(H,25,30)(H,26,31)/t13-,15?,16-,18+/m0/s1. The maximum atomic E-state index is 13.6. The lowest BCUT2D eigenvalue weighted by Gasteiger charge is -2.33. The zero-order valence-corrected chi connectivity index (χ0v) is 21.3. The number of carbonyl (C=O) groups is 3. The molecule has 3 N–H and O–H groups in total. The Morgan fingerprint density at radius 2 is 1.94 bits per heavy atom. The van der Waals surface area contributed by atoms with Crippen LogP contribution in [0.1, 0.15) is 40.0 Å². The van der Waals surface area contributed by atoms with Gasteiger partial charge in [0.05, 0.1) is 11.4 Å². The lowest BCUT2D eigenvalue weighted by atomic mass is 9.99. The van der Waals surface area contributed by atoms with Gasteiger partial charge < -0.3 is 20.9 Å². The fourth-order valence-corrected chi connectivity index (χ4v) is 6.75. The van der Waals surface area contributed by atoms with Crippen molar-refractivity contribution < 1.29 is 14.4 Å². The van der Waals surface area contributed by atoms with Crippen molar-refractivity contribution in [3.05, 3.63) is 30.3 Å². The monoisotopic (exact) mass is 502 g/mol. The second-order valence-electron chi connectivity index (χ2n) is 9.13. The van der Waals surface area contributed by atoms with E-state index in [9.17, 15) is 14.4 Å². The van der Waals surface area contributed by atoms with E-state index in [1.165, 1.54) is 0 Å². The highest BCUT2D eigenvalue weighted by molar-refractivity contribution is 8.01. The van der Waals surface area contributed by atoms with E-state index in [2.05, 4.69) is 25.5 Å². The molecule has 0 spiro atoms. The Balaban J connectivity index is 1.58. The summed E-state index contributed by atoms with van der Waals surface area (Å²) >= 11 is 2.75. The molecule has 0 bridgehead atoms. The molecule has 34 heavy (non-hydrogen) atoms. The highest BCUT2D eigenvalue weighted by Gasteiger charge is 2.54. The summed E-state index contributed by atoms with van der Waals surface area (Å²) in [6, 6.07) is 7.79. The van der Waals surface area contributed by atoms with Crippen molar-refractivity contribution in [1.29, 1.82) is 0 Å². The van der Waals surface area contributed by atoms with Crippen LogP contribution in [0.3, 0.4) is 0 Å². The van der Waals surface area contributed by atoms with Gasteiger partial charge in [0.2, 0.25) is 17.7 Å². The van der Waals surface area contributed by atoms with E-state index in [1.54, 1.807) is 30.6 Å². The van der Waals surface area contributed by atoms with Crippen LogP contribution < -0.4 is 16.0 Å². The van der Waals surface area contributed by atoms with Gasteiger partial charge in [0.25, 0.3) is 0 Å². The molecule has 3 heterocycles. The molecule has 2 aliphatic heterocycles. The van der Waals surface area contributed by atoms with Crippen LogP contribution in [0.2, 0.25) is 0 Å². The number of fused-ring (bicyclic) bond motifs is 1. The number of likely N-dealkylation sites (N-methyl/N-ethyl adjacent to an activating group) is 1. The Bertz CT molecular complexity index is 1060. The maximum Gasteiger partial charge on any atom is 0.249 e. The zero-order chi connectivity index (χ0) is 24.5. The lowest BCUT2D eigenvalue weighted by molar-refractivity contribution is -0.142. The van der Waals surface area contributed by atoms with Gasteiger partial charge in [-0.05, 0) is 47.1 Å². The predicted octanol–water partition coefficient (Wildman–Crippen LogP) is 2.47. The van der Waals surface area contributed by atoms with Gasteiger partial charge in [-0.15, -0.1) is 16.9 Å². The summed E-state index contributed by atoms with van der Waals surface area (Å²) in [7, 11) is 1.70. The minimum Gasteiger partial charge on any atom is -0.343 e. The third-order valence-corrected chi connectivity index (χ3v) is 8.55. The zero-order valence-electron chi connectivity index (χ0n) is 19.7. The molecule has 11 heteroatoms. The van der Waals surface area contributed by atoms with Gasteiger partial charge >= 0.3 is 0 Å². The first-order valence-corrected chi connectivity index (χ1v) is 13.0. The summed E-state index contributed by atoms with van der Waals surface area (Å²) in [5, 5.41) is 13.4. The molecule has 4 atom stereocenters. The molecule has 0 aliphatic carbocycles. The Morgan fingerprint density at radius 3 is 2.65 bits per heavy atom. The summed E-state index contributed by atoms with van der Waals surface area (Å²) in [6.45, 7) is 5.73. The fraction of sp³-hybridized carbons (Fsp3) is 0.522. The van der Waals surface area contributed by atoms with Crippen molar-refractivity contribution >= 4 is 46.0 Å². The SMILES string of the molecule is CN[C@@H](C)C(=O)NC1CCC[C@@H]2SC(C)(C)[C@@H](C(=O)Nc3snnc3-c3ccccc3)N2C1=O. The Labute approximate surface area is 207 Å². The number of nitrogens with one attached hydrogen (secondary N) is 3. The van der Waals surface area contributed by atoms with Crippen molar-refractivity contribution in [2.75, 3.05) is 12.4 Å². The molecule has 0 saturated carbocycles. The fourth-order valence-electron chi connectivity index (χ4n) is 4.48. The van der Waals surface area contributed by atoms with E-state index >= 15 is 0 Å². The maximum absolute atomic E-state index is 13.6. The number of benzene rings is 1. The number of aromatic nitrogens is 2. The van der Waals surface area contributed by atoms with E-state index < -0.39 is 22.9 Å². The molecule has 1 aromatic carbocycles. The summed E-state index contributed by atoms with van der Waals surface area (Å²) in [5.74, 6) is -0.704. The Morgan fingerprint density at radius 1 is 1.21 bits per heavy atom. The number of amides is 3. The molecular formula is C23H30N6O3S2. The van der Waals surface area contributed by atoms with Crippen LogP contribution >= 0.6 is 23.3 Å². The van der Waals surface area contributed by atoms with Gasteiger partial charge in [0, 0.05) is 21.8 Å². The highest BCUT2D eigenvalue weighted by atomic mass is 32.2. The average Bonchev–Trinajstić information content (AvgIpc) is 3.34. The molecule has 182 valence electrons. The number of carbonyl (C=O) groups excluding carboxylic acids is 3. The number of anilines is 1. The molecule has 9 nitrogen and oxygen atoms in total. The van der Waals surface area contributed by atoms with Crippen LogP contribution in [0.4, 0.5) is 5.00 Å². The summed E-state index contributed by atoms with van der Waals surface area (Å²) in [5.41, 5.74) is 1.46. The van der Waals surface area contributed by atoms with Crippen LogP contribution in [-0.4, -0.2) is 67.5 Å². The summed E-state index contributed by atoms with van der Waals surface area (Å²) in [4.78, 5) is 41.5. The van der Waals surface area contributed by atoms with E-state index in [1.807, 2.05) is 44.2 Å². The number of hydrogen-bond donors (Lipinski definition) is 3. The molecule has 2 aromatic rings. The van der Waals surface area contributed by atoms with Gasteiger partial charge in [-0.1, -0.05) is 34.8 Å². The molecule has 2 fully saturated rings. The molecule has 1 aromatic heterocycles. The minimum atomic E-state index is -0.694. The van der Waals surface area contributed by atoms with Crippen LogP contribution in [-0.2, 0) is 14.4 Å². The van der Waals surface area contributed by atoms with Crippen LogP contribution in [0.15, 0.2) is 30.3 Å². The smallest absolute Gasteiger partial charge is 0.249 e. The summed E-state index contributed by atoms with van der Waals surface area (Å²) in [6.07, 6.45) is 2.12. The number of nitrogens with zero attached hydrogens (tertiary/aromatic N) is 3. The van der Waals surface area contributed by atoms with Crippen LogP contribution in [0.5, 0.6) is 0 Å². The molecule has 0 radical (unpaired) electrons. The van der Waals surface area contributed by atoms with Crippen molar-refractivity contribution in [1.82, 2.24) is 25.1 Å². The number of thioether (sulfide) groups is 1. The molecule has 4 rings (SSSR count). The average molecular weight is 503 g/mol. The molecule has 3 amide bonds. The Kier molecular flexibility index (Phi) is 7.25. The minimum absolute atomic E-state index is 0.116. The quantitative estimate of drug-likeness (QED) is 0.556. The van der Waals surface area contributed by atoms with E-state index in [-0.39, 0.29) is 23.1 Å². The first-order chi connectivity index (χ1) is 16.2. The normalized spacial score (nSPS) is 24.8. The van der Waals surface area contributed by atoms with E-state index in [0.717, 1.165) is 29.9 Å². The lowest BCUT2D eigenvalue weighted by Crippen LogP contribution is -2.58. The van der Waals surface area contributed by atoms with Gasteiger partial charge in [-0.25, -0.2) is 0 Å². The van der Waals surface area contributed by atoms with Gasteiger partial charge in [-0.2, -0.15) is 0 Å². The molecule has 2 saturated heterocycles. The van der Waals surface area contributed by atoms with E-state index in [0.29, 0.717) is 17.1 Å². The van der Waals surface area contributed by atoms with Crippen molar-refractivity contribution in [3.63, 3.8) is 0 Å². The highest BCUT2D eigenvalue weighted by Crippen LogP contribution is 2.48. The third kappa shape index (κ3) is 4.82. The molecule has 1 unspecified atom stereocenters. The van der Waals surface area contributed by atoms with Gasteiger partial charge in [0.15, 0.2) is 0 Å². The van der Waals surface area contributed by atoms with Crippen molar-refractivity contribution in [2.24, 2.45) is 0 Å². The first kappa shape index (κ1) is 24.6. The topological polar surface area (TPSA) is 116 Å². The van der Waals surface area contributed by atoms with Crippen molar-refractivity contribution in [2.45, 2.75) is 68.3 Å². The third-order valence-electron chi connectivity index (χ3n) is 6.35. The molecular weight excluding hydrogens is 472 g/mol. The second-order valence-corrected chi connectivity index (χ2v) is 11.7. The van der Waals surface area contributed by atoms with Gasteiger partial charge in [0.1, 0.15) is 22.8 Å². The Hall–Kier alpha value is -2.50. The van der Waals surface area contributed by atoms with E-state index in [4.69, 9.17) is 0 Å². The number of rotatable bonds is 6. The van der Waals surface area contributed by atoms with Gasteiger partial charge in [-0.3, -0.25) is 14.4 Å². The molecule has 2 aliphatic rings. The second kappa shape index (κ2) is 10.0. The van der Waals surface area contributed by atoms with Crippen LogP contribution in [0, 0.1) is 0 Å².